The highest BCUT2D eigenvalue weighted by atomic mass is 16.5. The van der Waals surface area contributed by atoms with Gasteiger partial charge in [-0.05, 0) is 18.6 Å². The average molecular weight is 197 g/mol. The van der Waals surface area contributed by atoms with Gasteiger partial charge < -0.3 is 15.2 Å². The third-order valence-corrected chi connectivity index (χ3v) is 1.78. The predicted molar refractivity (Wildman–Crippen MR) is 60.0 cm³/mol. The van der Waals surface area contributed by atoms with Crippen molar-refractivity contribution in [2.75, 3.05) is 20.0 Å². The Morgan fingerprint density at radius 2 is 1.64 bits per heavy atom. The van der Waals surface area contributed by atoms with E-state index in [0.29, 0.717) is 11.4 Å². The molecule has 0 aliphatic rings. The van der Waals surface area contributed by atoms with Gasteiger partial charge in [-0.25, -0.2) is 0 Å². The summed E-state index contributed by atoms with van der Waals surface area (Å²) in [6.45, 7) is 5.92. The fourth-order valence-corrected chi connectivity index (χ4v) is 1.02. The third kappa shape index (κ3) is 2.83. The molecule has 0 saturated carbocycles. The molecule has 80 valence electrons. The molecule has 0 bridgehead atoms. The SMILES string of the molecule is CC.COc1cc(C)c(N)c(OC)c1. The van der Waals surface area contributed by atoms with Crippen molar-refractivity contribution in [1.29, 1.82) is 0 Å². The zero-order valence-corrected chi connectivity index (χ0v) is 9.55. The van der Waals surface area contributed by atoms with Crippen LogP contribution in [0.2, 0.25) is 0 Å². The molecule has 1 aromatic carbocycles. The van der Waals surface area contributed by atoms with Crippen LogP contribution in [0.15, 0.2) is 12.1 Å². The molecule has 0 atom stereocenters. The molecule has 0 fully saturated rings. The number of nitrogen functional groups attached to an aromatic ring is 1. The first-order valence-corrected chi connectivity index (χ1v) is 4.67. The Kier molecular flexibility index (Phi) is 5.53. The lowest BCUT2D eigenvalue weighted by Gasteiger charge is -2.09. The second kappa shape index (κ2) is 6.13. The van der Waals surface area contributed by atoms with Gasteiger partial charge in [0.1, 0.15) is 11.5 Å². The molecular weight excluding hydrogens is 178 g/mol. The number of hydrogen-bond acceptors (Lipinski definition) is 3. The number of ether oxygens (including phenoxy) is 2. The van der Waals surface area contributed by atoms with Crippen LogP contribution in [0, 0.1) is 6.92 Å². The molecule has 3 heteroatoms. The highest BCUT2D eigenvalue weighted by molar-refractivity contribution is 5.61. The molecule has 0 radical (unpaired) electrons. The molecule has 0 saturated heterocycles. The zero-order valence-electron chi connectivity index (χ0n) is 9.55. The molecule has 0 amide bonds. The molecule has 0 spiro atoms. The summed E-state index contributed by atoms with van der Waals surface area (Å²) in [6.07, 6.45) is 0. The van der Waals surface area contributed by atoms with Crippen molar-refractivity contribution < 1.29 is 9.47 Å². The van der Waals surface area contributed by atoms with Crippen molar-refractivity contribution in [1.82, 2.24) is 0 Å². The van der Waals surface area contributed by atoms with Gasteiger partial charge in [0.15, 0.2) is 0 Å². The van der Waals surface area contributed by atoms with Gasteiger partial charge in [-0.2, -0.15) is 0 Å². The first-order valence-electron chi connectivity index (χ1n) is 4.67. The summed E-state index contributed by atoms with van der Waals surface area (Å²) in [5.74, 6) is 1.42. The Bertz CT molecular complexity index is 285. The van der Waals surface area contributed by atoms with E-state index in [0.717, 1.165) is 11.3 Å². The minimum atomic E-state index is 0.659. The van der Waals surface area contributed by atoms with E-state index in [4.69, 9.17) is 15.2 Å². The third-order valence-electron chi connectivity index (χ3n) is 1.78. The maximum Gasteiger partial charge on any atom is 0.145 e. The van der Waals surface area contributed by atoms with Crippen LogP contribution in [0.5, 0.6) is 11.5 Å². The molecular formula is C11H19NO2. The molecule has 1 aromatic rings. The van der Waals surface area contributed by atoms with Crippen molar-refractivity contribution in [3.05, 3.63) is 17.7 Å². The number of rotatable bonds is 2. The fraction of sp³-hybridized carbons (Fsp3) is 0.455. The molecule has 0 heterocycles. The largest absolute Gasteiger partial charge is 0.497 e. The number of aryl methyl sites for hydroxylation is 1. The van der Waals surface area contributed by atoms with Gasteiger partial charge >= 0.3 is 0 Å². The molecule has 0 aliphatic carbocycles. The van der Waals surface area contributed by atoms with Crippen LogP contribution in [0.25, 0.3) is 0 Å². The summed E-state index contributed by atoms with van der Waals surface area (Å²) in [5.41, 5.74) is 7.37. The van der Waals surface area contributed by atoms with E-state index in [9.17, 15) is 0 Å². The Morgan fingerprint density at radius 1 is 1.07 bits per heavy atom. The zero-order chi connectivity index (χ0) is 11.1. The molecule has 0 aromatic heterocycles. The van der Waals surface area contributed by atoms with Crippen LogP contribution < -0.4 is 15.2 Å². The summed E-state index contributed by atoms with van der Waals surface area (Å²) in [7, 11) is 3.20. The molecule has 0 aliphatic heterocycles. The predicted octanol–water partition coefficient (Wildman–Crippen LogP) is 2.62. The van der Waals surface area contributed by atoms with Crippen molar-refractivity contribution in [3.63, 3.8) is 0 Å². The molecule has 1 rings (SSSR count). The maximum atomic E-state index is 5.74. The summed E-state index contributed by atoms with van der Waals surface area (Å²) in [6, 6.07) is 3.64. The van der Waals surface area contributed by atoms with Crippen molar-refractivity contribution in [2.24, 2.45) is 0 Å². The van der Waals surface area contributed by atoms with E-state index in [2.05, 4.69) is 0 Å². The minimum absolute atomic E-state index is 0.659. The lowest BCUT2D eigenvalue weighted by Crippen LogP contribution is -1.96. The second-order valence-electron chi connectivity index (χ2n) is 2.56. The summed E-state index contributed by atoms with van der Waals surface area (Å²) in [5, 5.41) is 0. The molecule has 0 unspecified atom stereocenters. The number of benzene rings is 1. The van der Waals surface area contributed by atoms with Crippen LogP contribution in [-0.2, 0) is 0 Å². The molecule has 3 nitrogen and oxygen atoms in total. The number of methoxy groups -OCH3 is 2. The average Bonchev–Trinajstić information content (AvgIpc) is 2.24. The van der Waals surface area contributed by atoms with Gasteiger partial charge in [-0.3, -0.25) is 0 Å². The van der Waals surface area contributed by atoms with Crippen LogP contribution in [0.3, 0.4) is 0 Å². The van der Waals surface area contributed by atoms with E-state index in [-0.39, 0.29) is 0 Å². The van der Waals surface area contributed by atoms with Crippen LogP contribution >= 0.6 is 0 Å². The highest BCUT2D eigenvalue weighted by Crippen LogP contribution is 2.29. The quantitative estimate of drug-likeness (QED) is 0.741. The normalized spacial score (nSPS) is 8.64. The molecule has 2 N–H and O–H groups in total. The van der Waals surface area contributed by atoms with Gasteiger partial charge in [0.2, 0.25) is 0 Å². The first kappa shape index (κ1) is 12.6. The lowest BCUT2D eigenvalue weighted by atomic mass is 10.2. The van der Waals surface area contributed by atoms with Crippen molar-refractivity contribution >= 4 is 5.69 Å². The Labute approximate surface area is 85.8 Å². The van der Waals surface area contributed by atoms with Crippen LogP contribution in [0.4, 0.5) is 5.69 Å². The van der Waals surface area contributed by atoms with Crippen LogP contribution in [0.1, 0.15) is 19.4 Å². The standard InChI is InChI=1S/C9H13NO2.C2H6/c1-6-4-7(11-2)5-8(12-3)9(6)10;1-2/h4-5H,10H2,1-3H3;1-2H3. The maximum absolute atomic E-state index is 5.74. The number of nitrogens with two attached hydrogens (primary N) is 1. The van der Waals surface area contributed by atoms with Gasteiger partial charge in [-0.1, -0.05) is 13.8 Å². The first-order chi connectivity index (χ1) is 6.69. The lowest BCUT2D eigenvalue weighted by molar-refractivity contribution is 0.395. The van der Waals surface area contributed by atoms with Crippen molar-refractivity contribution in [2.45, 2.75) is 20.8 Å². The van der Waals surface area contributed by atoms with Crippen molar-refractivity contribution in [3.8, 4) is 11.5 Å². The van der Waals surface area contributed by atoms with Gasteiger partial charge in [0.25, 0.3) is 0 Å². The van der Waals surface area contributed by atoms with E-state index in [1.54, 1.807) is 20.3 Å². The fourth-order valence-electron chi connectivity index (χ4n) is 1.02. The number of anilines is 1. The smallest absolute Gasteiger partial charge is 0.145 e. The Morgan fingerprint density at radius 3 is 2.07 bits per heavy atom. The Hall–Kier alpha value is -1.38. The van der Waals surface area contributed by atoms with Crippen LogP contribution in [-0.4, -0.2) is 14.2 Å². The van der Waals surface area contributed by atoms with E-state index < -0.39 is 0 Å². The van der Waals surface area contributed by atoms with E-state index in [1.807, 2.05) is 26.8 Å². The van der Waals surface area contributed by atoms with Gasteiger partial charge in [-0.15, -0.1) is 0 Å². The monoisotopic (exact) mass is 197 g/mol. The Balaban J connectivity index is 0.000000791. The summed E-state index contributed by atoms with van der Waals surface area (Å²) >= 11 is 0. The summed E-state index contributed by atoms with van der Waals surface area (Å²) in [4.78, 5) is 0. The minimum Gasteiger partial charge on any atom is -0.497 e. The van der Waals surface area contributed by atoms with Gasteiger partial charge in [0.05, 0.1) is 19.9 Å². The summed E-state index contributed by atoms with van der Waals surface area (Å²) < 4.78 is 10.1. The topological polar surface area (TPSA) is 44.5 Å². The second-order valence-corrected chi connectivity index (χ2v) is 2.56. The molecule has 14 heavy (non-hydrogen) atoms. The number of hydrogen-bond donors (Lipinski definition) is 1. The van der Waals surface area contributed by atoms with E-state index >= 15 is 0 Å². The van der Waals surface area contributed by atoms with Gasteiger partial charge in [0, 0.05) is 6.07 Å². The highest BCUT2D eigenvalue weighted by Gasteiger charge is 2.04. The van der Waals surface area contributed by atoms with E-state index in [1.165, 1.54) is 0 Å².